The second-order valence-corrected chi connectivity index (χ2v) is 9.61. The predicted molar refractivity (Wildman–Crippen MR) is 88.1 cm³/mol. The summed E-state index contributed by atoms with van der Waals surface area (Å²) in [5.74, 6) is 0. The molecule has 0 heterocycles. The molecule has 2 aromatic rings. The molecule has 0 aliphatic heterocycles. The fourth-order valence-corrected chi connectivity index (χ4v) is 5.96. The molecule has 0 fully saturated rings. The van der Waals surface area contributed by atoms with E-state index < -0.39 is 6.41 Å². The number of hydrogen-bond acceptors (Lipinski definition) is 2. The molecule has 108 valence electrons. The van der Waals surface area contributed by atoms with Crippen LogP contribution in [-0.2, 0) is 12.8 Å². The minimum absolute atomic E-state index is 0.448. The number of halogens is 1. The molecule has 0 unspecified atom stereocenters. The predicted octanol–water partition coefficient (Wildman–Crippen LogP) is 3.28. The first-order chi connectivity index (χ1) is 9.39. The van der Waals surface area contributed by atoms with Gasteiger partial charge in [0.05, 0.1) is 0 Å². The first-order valence-corrected chi connectivity index (χ1v) is 9.84. The first-order valence-electron chi connectivity index (χ1n) is 6.79. The van der Waals surface area contributed by atoms with Gasteiger partial charge in [-0.3, -0.25) is 0 Å². The van der Waals surface area contributed by atoms with Crippen LogP contribution in [0, 0.1) is 0 Å². The molecule has 2 N–H and O–H groups in total. The van der Waals surface area contributed by atoms with Gasteiger partial charge in [-0.2, -0.15) is 0 Å². The molecule has 0 amide bonds. The van der Waals surface area contributed by atoms with Gasteiger partial charge in [0.15, 0.2) is 0 Å². The molecule has 4 heteroatoms. The SMILES string of the molecule is CCc1ccccc1P(O)(O)(Cl)c1ccccc1CC. The fraction of sp³-hybridized carbons (Fsp3) is 0.250. The number of aryl methyl sites for hydroxylation is 2. The molecule has 0 aliphatic rings. The summed E-state index contributed by atoms with van der Waals surface area (Å²) in [6.45, 7) is 3.96. The van der Waals surface area contributed by atoms with Gasteiger partial charge in [0.25, 0.3) is 0 Å². The minimum atomic E-state index is -4.60. The normalized spacial score (nSPS) is 13.8. The molecule has 0 atom stereocenters. The van der Waals surface area contributed by atoms with Gasteiger partial charge in [0.1, 0.15) is 0 Å². The maximum absolute atomic E-state index is 11.0. The Bertz CT molecular complexity index is 566. The molecule has 0 radical (unpaired) electrons. The van der Waals surface area contributed by atoms with Crippen molar-refractivity contribution >= 4 is 28.3 Å². The van der Waals surface area contributed by atoms with Crippen LogP contribution in [0.15, 0.2) is 48.5 Å². The van der Waals surface area contributed by atoms with Gasteiger partial charge in [0, 0.05) is 0 Å². The zero-order valence-corrected chi connectivity index (χ0v) is 13.4. The van der Waals surface area contributed by atoms with Crippen LogP contribution in [0.2, 0.25) is 0 Å². The molecular weight excluding hydrogens is 291 g/mol. The summed E-state index contributed by atoms with van der Waals surface area (Å²) in [7, 11) is 0. The van der Waals surface area contributed by atoms with Crippen LogP contribution in [-0.4, -0.2) is 9.79 Å². The van der Waals surface area contributed by atoms with Crippen molar-refractivity contribution in [2.75, 3.05) is 0 Å². The Morgan fingerprint density at radius 2 is 1.15 bits per heavy atom. The molecule has 0 saturated carbocycles. The Balaban J connectivity index is 2.73. The Kier molecular flexibility index (Phi) is 4.22. The average Bonchev–Trinajstić information content (AvgIpc) is 2.46. The molecule has 0 aliphatic carbocycles. The number of rotatable bonds is 4. The fourth-order valence-electron chi connectivity index (χ4n) is 2.52. The van der Waals surface area contributed by atoms with Crippen LogP contribution in [0.3, 0.4) is 0 Å². The third-order valence-corrected chi connectivity index (χ3v) is 7.27. The first kappa shape index (κ1) is 15.5. The van der Waals surface area contributed by atoms with Crippen molar-refractivity contribution in [1.82, 2.24) is 0 Å². The van der Waals surface area contributed by atoms with E-state index in [1.807, 2.05) is 38.1 Å². The van der Waals surface area contributed by atoms with Crippen molar-refractivity contribution in [1.29, 1.82) is 0 Å². The Morgan fingerprint density at radius 1 is 0.800 bits per heavy atom. The van der Waals surface area contributed by atoms with Gasteiger partial charge in [-0.05, 0) is 0 Å². The number of benzene rings is 2. The van der Waals surface area contributed by atoms with Crippen molar-refractivity contribution in [3.05, 3.63) is 59.7 Å². The second kappa shape index (κ2) is 5.46. The molecule has 2 rings (SSSR count). The molecule has 2 nitrogen and oxygen atoms in total. The van der Waals surface area contributed by atoms with Crippen LogP contribution in [0.25, 0.3) is 0 Å². The quantitative estimate of drug-likeness (QED) is 0.851. The van der Waals surface area contributed by atoms with Crippen LogP contribution in [0.5, 0.6) is 0 Å². The Labute approximate surface area is 124 Å². The van der Waals surface area contributed by atoms with Crippen LogP contribution < -0.4 is 10.6 Å². The summed E-state index contributed by atoms with van der Waals surface area (Å²) >= 11 is 6.45. The van der Waals surface area contributed by atoms with E-state index >= 15 is 0 Å². The summed E-state index contributed by atoms with van der Waals surface area (Å²) in [5.41, 5.74) is 1.74. The van der Waals surface area contributed by atoms with Crippen LogP contribution in [0.4, 0.5) is 0 Å². The van der Waals surface area contributed by atoms with Gasteiger partial charge in [0.2, 0.25) is 0 Å². The maximum atomic E-state index is 11.0. The summed E-state index contributed by atoms with van der Waals surface area (Å²) < 4.78 is 0. The zero-order valence-electron chi connectivity index (χ0n) is 11.8. The van der Waals surface area contributed by atoms with E-state index in [0.29, 0.717) is 23.5 Å². The molecule has 0 bridgehead atoms. The average molecular weight is 311 g/mol. The van der Waals surface area contributed by atoms with Crippen molar-refractivity contribution in [3.63, 3.8) is 0 Å². The third kappa shape index (κ3) is 2.62. The van der Waals surface area contributed by atoms with E-state index in [0.717, 1.165) is 11.1 Å². The molecular formula is C16H20ClO2P. The van der Waals surface area contributed by atoms with Crippen molar-refractivity contribution in [3.8, 4) is 0 Å². The molecule has 20 heavy (non-hydrogen) atoms. The monoisotopic (exact) mass is 310 g/mol. The van der Waals surface area contributed by atoms with Crippen LogP contribution in [0.1, 0.15) is 25.0 Å². The van der Waals surface area contributed by atoms with E-state index in [2.05, 4.69) is 0 Å². The molecule has 0 spiro atoms. The van der Waals surface area contributed by atoms with Crippen molar-refractivity contribution in [2.24, 2.45) is 0 Å². The topological polar surface area (TPSA) is 40.5 Å². The summed E-state index contributed by atoms with van der Waals surface area (Å²) in [6, 6.07) is 14.6. The van der Waals surface area contributed by atoms with Gasteiger partial charge < -0.3 is 0 Å². The second-order valence-electron chi connectivity index (χ2n) is 4.89. The molecule has 0 aromatic heterocycles. The summed E-state index contributed by atoms with van der Waals surface area (Å²) in [4.78, 5) is 22.0. The van der Waals surface area contributed by atoms with Gasteiger partial charge in [-0.25, -0.2) is 0 Å². The van der Waals surface area contributed by atoms with Crippen LogP contribution >= 0.6 is 17.7 Å². The Hall–Kier alpha value is -0.920. The Morgan fingerprint density at radius 3 is 1.50 bits per heavy atom. The van der Waals surface area contributed by atoms with E-state index in [-0.39, 0.29) is 0 Å². The van der Waals surface area contributed by atoms with Gasteiger partial charge in [-0.15, -0.1) is 0 Å². The third-order valence-electron chi connectivity index (χ3n) is 3.60. The zero-order chi connectivity index (χ0) is 14.8. The van der Waals surface area contributed by atoms with E-state index in [9.17, 15) is 9.79 Å². The number of hydrogen-bond donors (Lipinski definition) is 2. The standard InChI is InChI=1S/C16H20ClO2P/c1-3-13-9-5-7-11-15(13)20(17,18,19)16-12-8-6-10-14(16)4-2/h5-12,18-19H,3-4H2,1-2H3. The summed E-state index contributed by atoms with van der Waals surface area (Å²) in [6.07, 6.45) is -3.19. The summed E-state index contributed by atoms with van der Waals surface area (Å²) in [5, 5.41) is 0.895. The molecule has 2 aromatic carbocycles. The van der Waals surface area contributed by atoms with E-state index in [4.69, 9.17) is 11.2 Å². The van der Waals surface area contributed by atoms with Gasteiger partial charge >= 0.3 is 124 Å². The van der Waals surface area contributed by atoms with Crippen molar-refractivity contribution in [2.45, 2.75) is 26.7 Å². The van der Waals surface area contributed by atoms with Gasteiger partial charge in [-0.1, -0.05) is 0 Å². The molecule has 0 saturated heterocycles. The van der Waals surface area contributed by atoms with E-state index in [1.54, 1.807) is 24.3 Å². The van der Waals surface area contributed by atoms with Crippen molar-refractivity contribution < 1.29 is 9.79 Å². The van der Waals surface area contributed by atoms with E-state index in [1.165, 1.54) is 0 Å².